The molecule has 0 aliphatic carbocycles. The van der Waals surface area contributed by atoms with Crippen LogP contribution >= 0.6 is 11.8 Å². The van der Waals surface area contributed by atoms with Crippen LogP contribution < -0.4 is 0 Å². The van der Waals surface area contributed by atoms with E-state index in [1.165, 1.54) is 0 Å². The van der Waals surface area contributed by atoms with Gasteiger partial charge in [-0.1, -0.05) is 0 Å². The van der Waals surface area contributed by atoms with Gasteiger partial charge in [-0.3, -0.25) is 4.99 Å². The van der Waals surface area contributed by atoms with E-state index in [2.05, 4.69) is 10.1 Å². The average molecular weight is 198 g/mol. The van der Waals surface area contributed by atoms with Crippen molar-refractivity contribution in [1.82, 2.24) is 9.91 Å². The number of hydrazone groups is 1. The van der Waals surface area contributed by atoms with Crippen LogP contribution in [0, 0.1) is 0 Å². The molecular weight excluding hydrogens is 188 g/mol. The van der Waals surface area contributed by atoms with Crippen molar-refractivity contribution >= 4 is 29.4 Å². The first-order valence-corrected chi connectivity index (χ1v) is 4.80. The van der Waals surface area contributed by atoms with Crippen LogP contribution in [0.2, 0.25) is 0 Å². The number of carbonyl (C=O) groups excluding carboxylic acids is 1. The summed E-state index contributed by atoms with van der Waals surface area (Å²) in [6.07, 6.45) is 2.49. The summed E-state index contributed by atoms with van der Waals surface area (Å²) >= 11 is 1.55. The normalized spacial score (nSPS) is 30.3. The van der Waals surface area contributed by atoms with E-state index in [0.29, 0.717) is 0 Å². The lowest BCUT2D eigenvalue weighted by Gasteiger charge is -2.13. The fourth-order valence-electron chi connectivity index (χ4n) is 1.16. The fraction of sp³-hybridized carbons (Fsp3) is 0.571. The van der Waals surface area contributed by atoms with Gasteiger partial charge in [-0.15, -0.1) is 5.10 Å². The lowest BCUT2D eigenvalue weighted by atomic mass is 10.4. The fourth-order valence-corrected chi connectivity index (χ4v) is 2.12. The minimum Gasteiger partial charge on any atom is -0.356 e. The molecule has 0 aromatic carbocycles. The van der Waals surface area contributed by atoms with Crippen LogP contribution in [0.25, 0.3) is 0 Å². The van der Waals surface area contributed by atoms with E-state index in [1.807, 2.05) is 19.0 Å². The van der Waals surface area contributed by atoms with Gasteiger partial charge in [0.05, 0.1) is 0 Å². The number of amidine groups is 1. The van der Waals surface area contributed by atoms with Crippen molar-refractivity contribution in [3.8, 4) is 0 Å². The number of hydrogen-bond donors (Lipinski definition) is 0. The highest BCUT2D eigenvalue weighted by Gasteiger charge is 2.36. The van der Waals surface area contributed by atoms with Crippen LogP contribution in [0.15, 0.2) is 10.1 Å². The Balaban J connectivity index is 2.16. The smallest absolute Gasteiger partial charge is 0.192 e. The van der Waals surface area contributed by atoms with Crippen molar-refractivity contribution < 1.29 is 4.79 Å². The highest BCUT2D eigenvalue weighted by Crippen LogP contribution is 2.31. The first-order valence-electron chi connectivity index (χ1n) is 3.92. The van der Waals surface area contributed by atoms with Crippen LogP contribution in [0.5, 0.6) is 0 Å². The summed E-state index contributed by atoms with van der Waals surface area (Å²) < 4.78 is 0. The Hall–Kier alpha value is -1.04. The molecule has 0 spiro atoms. The monoisotopic (exact) mass is 198 g/mol. The topological polar surface area (TPSA) is 48.3 Å². The lowest BCUT2D eigenvalue weighted by Crippen LogP contribution is -2.30. The molecule has 0 saturated carbocycles. The minimum absolute atomic E-state index is 0.0346. The van der Waals surface area contributed by atoms with Gasteiger partial charge >= 0.3 is 0 Å². The molecular formula is C7H10N4OS. The molecule has 2 aliphatic heterocycles. The van der Waals surface area contributed by atoms with Crippen molar-refractivity contribution in [1.29, 1.82) is 0 Å². The van der Waals surface area contributed by atoms with Crippen LogP contribution in [-0.4, -0.2) is 53.2 Å². The summed E-state index contributed by atoms with van der Waals surface area (Å²) in [7, 11) is 3.85. The number of fused-ring (bicyclic) bond motifs is 1. The van der Waals surface area contributed by atoms with Gasteiger partial charge in [0, 0.05) is 20.3 Å². The van der Waals surface area contributed by atoms with Gasteiger partial charge in [-0.2, -0.15) is 0 Å². The van der Waals surface area contributed by atoms with E-state index in [1.54, 1.807) is 23.0 Å². The molecule has 0 amide bonds. The highest BCUT2D eigenvalue weighted by atomic mass is 32.2. The largest absolute Gasteiger partial charge is 0.356 e. The number of carbonyl (C=O) groups is 1. The Morgan fingerprint density at radius 3 is 3.08 bits per heavy atom. The maximum absolute atomic E-state index is 10.6. The second-order valence-corrected chi connectivity index (χ2v) is 4.05. The molecule has 2 unspecified atom stereocenters. The van der Waals surface area contributed by atoms with Crippen LogP contribution in [0.1, 0.15) is 0 Å². The molecule has 0 aromatic heterocycles. The third-order valence-electron chi connectivity index (χ3n) is 1.83. The van der Waals surface area contributed by atoms with E-state index in [0.717, 1.165) is 11.5 Å². The quantitative estimate of drug-likeness (QED) is 0.548. The molecule has 0 saturated heterocycles. The van der Waals surface area contributed by atoms with Gasteiger partial charge in [0.1, 0.15) is 12.3 Å². The predicted molar refractivity (Wildman–Crippen MR) is 52.7 cm³/mol. The van der Waals surface area contributed by atoms with E-state index in [-0.39, 0.29) is 11.5 Å². The third-order valence-corrected chi connectivity index (χ3v) is 3.04. The zero-order chi connectivity index (χ0) is 9.42. The first kappa shape index (κ1) is 8.55. The molecule has 2 atom stereocenters. The number of aldehydes is 1. The van der Waals surface area contributed by atoms with E-state index in [4.69, 9.17) is 0 Å². The first-order chi connectivity index (χ1) is 6.22. The van der Waals surface area contributed by atoms with E-state index in [9.17, 15) is 4.79 Å². The van der Waals surface area contributed by atoms with Crippen molar-refractivity contribution in [3.63, 3.8) is 0 Å². The summed E-state index contributed by atoms with van der Waals surface area (Å²) in [5, 5.41) is 6.90. The third kappa shape index (κ3) is 1.31. The van der Waals surface area contributed by atoms with Crippen LogP contribution in [-0.2, 0) is 4.79 Å². The number of rotatable bonds is 1. The molecule has 0 fully saturated rings. The molecule has 70 valence electrons. The van der Waals surface area contributed by atoms with Crippen molar-refractivity contribution in [2.75, 3.05) is 14.1 Å². The van der Waals surface area contributed by atoms with Crippen molar-refractivity contribution in [2.45, 2.75) is 11.5 Å². The maximum atomic E-state index is 10.6. The molecule has 0 aromatic rings. The minimum atomic E-state index is -0.282. The van der Waals surface area contributed by atoms with Crippen LogP contribution in [0.4, 0.5) is 0 Å². The SMILES string of the molecule is CN(C)C1=NN2C(C=O)C=NC2S1. The van der Waals surface area contributed by atoms with Crippen molar-refractivity contribution in [2.24, 2.45) is 10.1 Å². The summed E-state index contributed by atoms with van der Waals surface area (Å²) in [6, 6.07) is -0.282. The molecule has 2 heterocycles. The molecule has 0 bridgehead atoms. The molecule has 5 nitrogen and oxygen atoms in total. The number of aliphatic imine (C=N–C) groups is 1. The summed E-state index contributed by atoms with van der Waals surface area (Å²) in [5.74, 6) is 0. The zero-order valence-corrected chi connectivity index (χ0v) is 8.23. The Morgan fingerprint density at radius 1 is 1.69 bits per heavy atom. The summed E-state index contributed by atoms with van der Waals surface area (Å²) in [4.78, 5) is 16.7. The Morgan fingerprint density at radius 2 is 2.46 bits per heavy atom. The van der Waals surface area contributed by atoms with Crippen LogP contribution in [0.3, 0.4) is 0 Å². The van der Waals surface area contributed by atoms with Gasteiger partial charge in [-0.05, 0) is 11.8 Å². The second-order valence-electron chi connectivity index (χ2n) is 3.03. The highest BCUT2D eigenvalue weighted by molar-refractivity contribution is 8.14. The number of nitrogens with zero attached hydrogens (tertiary/aromatic N) is 4. The molecule has 2 aliphatic rings. The lowest BCUT2D eigenvalue weighted by molar-refractivity contribution is -0.110. The van der Waals surface area contributed by atoms with E-state index < -0.39 is 0 Å². The molecule has 0 radical (unpaired) electrons. The summed E-state index contributed by atoms with van der Waals surface area (Å²) in [6.45, 7) is 0. The maximum Gasteiger partial charge on any atom is 0.192 e. The van der Waals surface area contributed by atoms with Gasteiger partial charge in [-0.25, -0.2) is 5.01 Å². The number of thioether (sulfide) groups is 1. The predicted octanol–water partition coefficient (Wildman–Crippen LogP) is -0.197. The van der Waals surface area contributed by atoms with Gasteiger partial charge in [0.2, 0.25) is 0 Å². The molecule has 6 heteroatoms. The van der Waals surface area contributed by atoms with Gasteiger partial charge in [0.25, 0.3) is 0 Å². The Bertz CT molecular complexity index is 288. The Labute approximate surface area is 80.5 Å². The molecule has 0 N–H and O–H groups in total. The second kappa shape index (κ2) is 3.02. The van der Waals surface area contributed by atoms with E-state index >= 15 is 0 Å². The zero-order valence-electron chi connectivity index (χ0n) is 7.41. The molecule has 13 heavy (non-hydrogen) atoms. The summed E-state index contributed by atoms with van der Waals surface area (Å²) in [5.41, 5.74) is -0.0346. The standard InChI is InChI=1S/C7H10N4OS/c1-10(2)7-9-11-5(4-12)3-8-6(11)13-7/h3-6H,1-2H3. The van der Waals surface area contributed by atoms with Gasteiger partial charge < -0.3 is 9.69 Å². The van der Waals surface area contributed by atoms with Crippen molar-refractivity contribution in [3.05, 3.63) is 0 Å². The average Bonchev–Trinajstić information content (AvgIpc) is 2.60. The van der Waals surface area contributed by atoms with Gasteiger partial charge in [0.15, 0.2) is 10.7 Å². The molecule has 2 rings (SSSR count). The Kier molecular flexibility index (Phi) is 1.99. The number of hydrogen-bond acceptors (Lipinski definition) is 6.